The molecule has 2 aromatic rings. The zero-order chi connectivity index (χ0) is 21.4. The first-order chi connectivity index (χ1) is 13.7. The van der Waals surface area contributed by atoms with Crippen LogP contribution in [-0.2, 0) is 20.3 Å². The summed E-state index contributed by atoms with van der Waals surface area (Å²) in [6.45, 7) is 13.9. The fraction of sp³-hybridized carbons (Fsp3) is 0.435. The molecule has 0 aliphatic carbocycles. The zero-order valence-electron chi connectivity index (χ0n) is 18.0. The van der Waals surface area contributed by atoms with Gasteiger partial charge in [-0.25, -0.2) is 4.21 Å². The molecule has 1 aliphatic heterocycles. The van der Waals surface area contributed by atoms with Crippen LogP contribution in [0, 0.1) is 13.8 Å². The van der Waals surface area contributed by atoms with E-state index in [9.17, 15) is 9.00 Å². The number of hydrogen-bond donors (Lipinski definition) is 1. The molecular weight excluding hydrogens is 384 g/mol. The third kappa shape index (κ3) is 7.29. The average molecular weight is 417 g/mol. The molecule has 3 rings (SSSR count). The summed E-state index contributed by atoms with van der Waals surface area (Å²) in [5, 5.41) is 3.36. The van der Waals surface area contributed by atoms with Crippen LogP contribution in [0.15, 0.2) is 52.3 Å². The number of piperazine rings is 1. The van der Waals surface area contributed by atoms with Crippen LogP contribution in [0.4, 0.5) is 5.69 Å². The third-order valence-electron chi connectivity index (χ3n) is 4.33. The van der Waals surface area contributed by atoms with Crippen molar-refractivity contribution in [1.29, 1.82) is 0 Å². The summed E-state index contributed by atoms with van der Waals surface area (Å²) in [5.41, 5.74) is 3.09. The van der Waals surface area contributed by atoms with E-state index in [0.29, 0.717) is 6.47 Å². The normalized spacial score (nSPS) is 15.1. The Bertz CT molecular complexity index is 820. The first-order valence-electron chi connectivity index (χ1n) is 9.87. The molecule has 6 heteroatoms. The quantitative estimate of drug-likeness (QED) is 0.768. The molecule has 158 valence electrons. The maximum absolute atomic E-state index is 13.1. The minimum absolute atomic E-state index is 0.318. The summed E-state index contributed by atoms with van der Waals surface area (Å²) >= 11 is 0. The topological polar surface area (TPSA) is 58.6 Å². The van der Waals surface area contributed by atoms with E-state index in [-0.39, 0.29) is 5.60 Å². The molecule has 0 bridgehead atoms. The van der Waals surface area contributed by atoms with Gasteiger partial charge in [0.05, 0.1) is 21.4 Å². The van der Waals surface area contributed by atoms with Crippen molar-refractivity contribution in [2.24, 2.45) is 0 Å². The Kier molecular flexibility index (Phi) is 8.41. The van der Waals surface area contributed by atoms with Gasteiger partial charge in [-0.15, -0.1) is 0 Å². The standard InChI is InChI=1S/C18H22N2OS.C5H10O2/c1-14-11-15(2)13-16(12-14)22(21)18-6-4-3-5-17(18)20-9-7-19-8-10-20;1-5(2,3)7-4-6/h3-6,11-13,19H,7-10H2,1-2H3;4H,1-3H3. The number of aryl methyl sites for hydroxylation is 2. The molecule has 1 saturated heterocycles. The largest absolute Gasteiger partial charge is 0.462 e. The van der Waals surface area contributed by atoms with Crippen molar-refractivity contribution in [3.63, 3.8) is 0 Å². The molecule has 1 heterocycles. The molecule has 0 saturated carbocycles. The van der Waals surface area contributed by atoms with Crippen molar-refractivity contribution >= 4 is 23.0 Å². The molecule has 29 heavy (non-hydrogen) atoms. The molecule has 5 nitrogen and oxygen atoms in total. The van der Waals surface area contributed by atoms with Crippen molar-refractivity contribution < 1.29 is 13.7 Å². The summed E-state index contributed by atoms with van der Waals surface area (Å²) in [6.07, 6.45) is 0. The predicted molar refractivity (Wildman–Crippen MR) is 119 cm³/mol. The van der Waals surface area contributed by atoms with Gasteiger partial charge in [-0.05, 0) is 70.0 Å². The molecule has 1 N–H and O–H groups in total. The minimum Gasteiger partial charge on any atom is -0.462 e. The molecule has 2 aromatic carbocycles. The Labute approximate surface area is 176 Å². The third-order valence-corrected chi connectivity index (χ3v) is 5.74. The number of para-hydroxylation sites is 1. The van der Waals surface area contributed by atoms with E-state index in [1.165, 1.54) is 0 Å². The number of nitrogens with zero attached hydrogens (tertiary/aromatic N) is 1. The number of rotatable bonds is 4. The predicted octanol–water partition coefficient (Wildman–Crippen LogP) is 3.84. The van der Waals surface area contributed by atoms with E-state index in [1.807, 2.05) is 51.1 Å². The molecule has 1 unspecified atom stereocenters. The Balaban J connectivity index is 0.000000370. The Morgan fingerprint density at radius 3 is 2.14 bits per heavy atom. The number of nitrogens with one attached hydrogen (secondary N) is 1. The average Bonchev–Trinajstić information content (AvgIpc) is 2.67. The maximum Gasteiger partial charge on any atom is 0.293 e. The van der Waals surface area contributed by atoms with Gasteiger partial charge in [0.25, 0.3) is 6.47 Å². The lowest BCUT2D eigenvalue weighted by Gasteiger charge is -2.30. The number of carbonyl (C=O) groups excluding carboxylic acids is 1. The summed E-state index contributed by atoms with van der Waals surface area (Å²) in [7, 11) is -1.14. The Morgan fingerprint density at radius 2 is 1.62 bits per heavy atom. The molecule has 1 aliphatic rings. The summed E-state index contributed by atoms with van der Waals surface area (Å²) in [4.78, 5) is 13.7. The van der Waals surface area contributed by atoms with Crippen molar-refractivity contribution in [3.05, 3.63) is 53.6 Å². The highest BCUT2D eigenvalue weighted by molar-refractivity contribution is 7.85. The molecule has 1 atom stereocenters. The van der Waals surface area contributed by atoms with Crippen LogP contribution in [0.2, 0.25) is 0 Å². The van der Waals surface area contributed by atoms with Crippen LogP contribution in [0.1, 0.15) is 31.9 Å². The molecule has 0 spiro atoms. The van der Waals surface area contributed by atoms with E-state index >= 15 is 0 Å². The lowest BCUT2D eigenvalue weighted by Crippen LogP contribution is -2.43. The molecule has 0 amide bonds. The van der Waals surface area contributed by atoms with E-state index in [1.54, 1.807) is 0 Å². The van der Waals surface area contributed by atoms with Gasteiger partial charge >= 0.3 is 0 Å². The highest BCUT2D eigenvalue weighted by Gasteiger charge is 2.18. The van der Waals surface area contributed by atoms with Crippen LogP contribution >= 0.6 is 0 Å². The first-order valence-corrected chi connectivity index (χ1v) is 11.0. The molecule has 0 aromatic heterocycles. The van der Waals surface area contributed by atoms with Gasteiger partial charge in [-0.1, -0.05) is 18.2 Å². The lowest BCUT2D eigenvalue weighted by molar-refractivity contribution is -0.138. The van der Waals surface area contributed by atoms with Crippen molar-refractivity contribution in [3.8, 4) is 0 Å². The lowest BCUT2D eigenvalue weighted by atomic mass is 10.2. The highest BCUT2D eigenvalue weighted by Crippen LogP contribution is 2.28. The Hall–Kier alpha value is -2.18. The summed E-state index contributed by atoms with van der Waals surface area (Å²) in [6, 6.07) is 14.2. The molecule has 0 radical (unpaired) electrons. The minimum atomic E-state index is -1.14. The van der Waals surface area contributed by atoms with Gasteiger partial charge in [0.2, 0.25) is 0 Å². The van der Waals surface area contributed by atoms with Crippen LogP contribution in [-0.4, -0.2) is 42.5 Å². The van der Waals surface area contributed by atoms with Crippen molar-refractivity contribution in [2.45, 2.75) is 50.0 Å². The van der Waals surface area contributed by atoms with Gasteiger partial charge in [0.15, 0.2) is 0 Å². The van der Waals surface area contributed by atoms with Gasteiger partial charge in [-0.3, -0.25) is 4.79 Å². The van der Waals surface area contributed by atoms with Crippen molar-refractivity contribution in [2.75, 3.05) is 31.1 Å². The second-order valence-corrected chi connectivity index (χ2v) is 9.57. The second-order valence-electron chi connectivity index (χ2n) is 8.12. The zero-order valence-corrected chi connectivity index (χ0v) is 18.8. The maximum atomic E-state index is 13.1. The Morgan fingerprint density at radius 1 is 1.03 bits per heavy atom. The van der Waals surface area contributed by atoms with E-state index in [2.05, 4.69) is 40.9 Å². The monoisotopic (exact) mass is 416 g/mol. The van der Waals surface area contributed by atoms with Crippen molar-refractivity contribution in [1.82, 2.24) is 5.32 Å². The number of carbonyl (C=O) groups is 1. The number of anilines is 1. The summed E-state index contributed by atoms with van der Waals surface area (Å²) in [5.74, 6) is 0. The van der Waals surface area contributed by atoms with Crippen LogP contribution < -0.4 is 10.2 Å². The van der Waals surface area contributed by atoms with Crippen LogP contribution in [0.5, 0.6) is 0 Å². The number of benzene rings is 2. The van der Waals surface area contributed by atoms with Gasteiger partial charge in [-0.2, -0.15) is 0 Å². The van der Waals surface area contributed by atoms with E-state index in [0.717, 1.165) is 52.8 Å². The van der Waals surface area contributed by atoms with Crippen LogP contribution in [0.25, 0.3) is 0 Å². The molecule has 1 fully saturated rings. The SMILES string of the molecule is CC(C)(C)OC=O.Cc1cc(C)cc(S(=O)c2ccccc2N2CCNCC2)c1. The fourth-order valence-electron chi connectivity index (χ4n) is 3.09. The number of ether oxygens (including phenoxy) is 1. The van der Waals surface area contributed by atoms with E-state index < -0.39 is 10.8 Å². The van der Waals surface area contributed by atoms with Gasteiger partial charge < -0.3 is 15.0 Å². The highest BCUT2D eigenvalue weighted by atomic mass is 32.2. The smallest absolute Gasteiger partial charge is 0.293 e. The first kappa shape index (κ1) is 23.1. The molecular formula is C23H32N2O3S. The summed E-state index contributed by atoms with van der Waals surface area (Å²) < 4.78 is 17.6. The fourth-order valence-corrected chi connectivity index (χ4v) is 4.52. The van der Waals surface area contributed by atoms with E-state index in [4.69, 9.17) is 0 Å². The van der Waals surface area contributed by atoms with Crippen LogP contribution in [0.3, 0.4) is 0 Å². The van der Waals surface area contributed by atoms with Gasteiger partial charge in [0.1, 0.15) is 5.60 Å². The second kappa shape index (κ2) is 10.6. The number of hydrogen-bond acceptors (Lipinski definition) is 5. The van der Waals surface area contributed by atoms with Gasteiger partial charge in [0, 0.05) is 31.1 Å².